The molecule has 1 aromatic carbocycles. The number of benzene rings is 1. The first-order valence-electron chi connectivity index (χ1n) is 4.24. The smallest absolute Gasteiger partial charge is 0.504 e. The lowest BCUT2D eigenvalue weighted by Crippen LogP contribution is -3.08. The van der Waals surface area contributed by atoms with Gasteiger partial charge in [0.1, 0.15) is 5.69 Å². The number of hydrogen-bond acceptors (Lipinski definition) is 3. The second-order valence-electron chi connectivity index (χ2n) is 3.28. The van der Waals surface area contributed by atoms with Crippen molar-refractivity contribution in [2.24, 2.45) is 0 Å². The number of quaternary nitrogens is 1. The first-order chi connectivity index (χ1) is 6.59. The van der Waals surface area contributed by atoms with Gasteiger partial charge in [-0.1, -0.05) is 0 Å². The average molecular weight is 196 g/mol. The molecule has 0 bridgehead atoms. The zero-order chi connectivity index (χ0) is 10.3. The number of nitrogens with one attached hydrogen (secondary N) is 1. The number of carboxylic acid groups (broad SMARTS) is 1. The molecule has 5 heteroatoms. The number of fused-ring (bicyclic) bond motifs is 1. The molecule has 0 saturated carbocycles. The Morgan fingerprint density at radius 3 is 2.57 bits per heavy atom. The van der Waals surface area contributed by atoms with E-state index in [1.165, 1.54) is 12.1 Å². The van der Waals surface area contributed by atoms with E-state index < -0.39 is 6.09 Å². The van der Waals surface area contributed by atoms with Crippen LogP contribution in [0.25, 0.3) is 0 Å². The maximum atomic E-state index is 10.8. The van der Waals surface area contributed by atoms with Crippen molar-refractivity contribution in [1.29, 1.82) is 0 Å². The highest BCUT2D eigenvalue weighted by Gasteiger charge is 2.31. The molecule has 2 rings (SSSR count). The molecule has 1 heterocycles. The first kappa shape index (κ1) is 8.83. The van der Waals surface area contributed by atoms with Crippen molar-refractivity contribution in [3.63, 3.8) is 0 Å². The third-order valence-electron chi connectivity index (χ3n) is 2.43. The Balaban J connectivity index is 2.50. The number of aromatic hydroxyl groups is 2. The molecule has 0 aromatic heterocycles. The molecule has 0 fully saturated rings. The van der Waals surface area contributed by atoms with Crippen LogP contribution >= 0.6 is 0 Å². The van der Waals surface area contributed by atoms with Crippen molar-refractivity contribution in [3.8, 4) is 11.5 Å². The Morgan fingerprint density at radius 2 is 1.93 bits per heavy atom. The van der Waals surface area contributed by atoms with Gasteiger partial charge < -0.3 is 15.3 Å². The summed E-state index contributed by atoms with van der Waals surface area (Å²) in [5.74, 6) is -0.472. The Bertz CT molecular complexity index is 402. The molecule has 1 aromatic rings. The largest absolute Gasteiger partial charge is 0.517 e. The van der Waals surface area contributed by atoms with Crippen molar-refractivity contribution < 1.29 is 25.0 Å². The summed E-state index contributed by atoms with van der Waals surface area (Å²) in [6.45, 7) is 0.452. The normalized spacial score (nSPS) is 19.3. The number of amides is 1. The van der Waals surface area contributed by atoms with Crippen LogP contribution in [0.15, 0.2) is 12.1 Å². The zero-order valence-electron chi connectivity index (χ0n) is 7.32. The third-order valence-corrected chi connectivity index (χ3v) is 2.43. The van der Waals surface area contributed by atoms with E-state index in [0.717, 1.165) is 5.56 Å². The van der Waals surface area contributed by atoms with Crippen LogP contribution in [0.2, 0.25) is 0 Å². The van der Waals surface area contributed by atoms with Crippen LogP contribution in [0, 0.1) is 0 Å². The minimum atomic E-state index is -0.964. The van der Waals surface area contributed by atoms with Gasteiger partial charge in [-0.05, 0) is 6.07 Å². The number of hydrogen-bond donors (Lipinski definition) is 4. The van der Waals surface area contributed by atoms with E-state index in [4.69, 9.17) is 5.11 Å². The fourth-order valence-electron chi connectivity index (χ4n) is 1.72. The maximum Gasteiger partial charge on any atom is 0.517 e. The van der Waals surface area contributed by atoms with E-state index in [2.05, 4.69) is 0 Å². The predicted octanol–water partition coefficient (Wildman–Crippen LogP) is -0.152. The second kappa shape index (κ2) is 2.88. The summed E-state index contributed by atoms with van der Waals surface area (Å²) in [7, 11) is 0. The molecule has 0 radical (unpaired) electrons. The molecule has 0 saturated heterocycles. The van der Waals surface area contributed by atoms with Crippen molar-refractivity contribution in [2.75, 3.05) is 6.54 Å². The summed E-state index contributed by atoms with van der Waals surface area (Å²) >= 11 is 0. The number of rotatable bonds is 0. The SMILES string of the molecule is O=C(O)[NH+]1CCc2cc(O)c(O)cc21. The molecule has 0 aliphatic carbocycles. The fourth-order valence-corrected chi connectivity index (χ4v) is 1.72. The highest BCUT2D eigenvalue weighted by molar-refractivity contribution is 5.63. The van der Waals surface area contributed by atoms with E-state index >= 15 is 0 Å². The lowest BCUT2D eigenvalue weighted by molar-refractivity contribution is -0.744. The molecule has 0 spiro atoms. The topological polar surface area (TPSA) is 82.2 Å². The van der Waals surface area contributed by atoms with E-state index in [0.29, 0.717) is 23.6 Å². The maximum absolute atomic E-state index is 10.8. The van der Waals surface area contributed by atoms with Gasteiger partial charge in [-0.3, -0.25) is 0 Å². The Morgan fingerprint density at radius 1 is 1.29 bits per heavy atom. The summed E-state index contributed by atoms with van der Waals surface area (Å²) in [5, 5.41) is 27.3. The van der Waals surface area contributed by atoms with Gasteiger partial charge >= 0.3 is 6.09 Å². The average Bonchev–Trinajstić information content (AvgIpc) is 2.48. The minimum Gasteiger partial charge on any atom is -0.504 e. The van der Waals surface area contributed by atoms with Crippen LogP contribution in [0.1, 0.15) is 5.56 Å². The monoisotopic (exact) mass is 196 g/mol. The summed E-state index contributed by atoms with van der Waals surface area (Å²) in [6.07, 6.45) is -0.362. The number of phenolic OH excluding ortho intramolecular Hbond substituents is 2. The Labute approximate surface area is 79.8 Å². The van der Waals surface area contributed by atoms with Gasteiger partial charge in [-0.15, -0.1) is 0 Å². The molecule has 74 valence electrons. The Kier molecular flexibility index (Phi) is 1.82. The Hall–Kier alpha value is -1.75. The van der Waals surface area contributed by atoms with Crippen molar-refractivity contribution in [1.82, 2.24) is 0 Å². The van der Waals surface area contributed by atoms with Gasteiger partial charge in [-0.2, -0.15) is 4.79 Å². The van der Waals surface area contributed by atoms with Crippen LogP contribution in [0.5, 0.6) is 11.5 Å². The van der Waals surface area contributed by atoms with E-state index in [9.17, 15) is 15.0 Å². The minimum absolute atomic E-state index is 0.199. The standard InChI is InChI=1S/C9H9NO4/c11-7-3-5-1-2-10(9(13)14)6(5)4-8(7)12/h3-4,11-12H,1-2H2,(H,13,14)/p+1. The van der Waals surface area contributed by atoms with Gasteiger partial charge in [-0.25, -0.2) is 4.90 Å². The van der Waals surface area contributed by atoms with Crippen molar-refractivity contribution in [2.45, 2.75) is 6.42 Å². The lowest BCUT2D eigenvalue weighted by atomic mass is 10.1. The molecule has 1 amide bonds. The molecular weight excluding hydrogens is 186 g/mol. The molecule has 14 heavy (non-hydrogen) atoms. The number of carbonyl (C=O) groups is 1. The highest BCUT2D eigenvalue weighted by Crippen LogP contribution is 2.31. The molecule has 1 unspecified atom stereocenters. The summed E-state index contributed by atoms with van der Waals surface area (Å²) in [5.41, 5.74) is 1.31. The first-order valence-corrected chi connectivity index (χ1v) is 4.24. The van der Waals surface area contributed by atoms with Crippen molar-refractivity contribution in [3.05, 3.63) is 17.7 Å². The van der Waals surface area contributed by atoms with Gasteiger partial charge in [0.2, 0.25) is 0 Å². The summed E-state index contributed by atoms with van der Waals surface area (Å²) in [6, 6.07) is 2.72. The van der Waals surface area contributed by atoms with Crippen LogP contribution in [0.3, 0.4) is 0 Å². The highest BCUT2D eigenvalue weighted by atomic mass is 16.4. The molecular formula is C9H10NO4+. The summed E-state index contributed by atoms with van der Waals surface area (Å²) < 4.78 is 0. The molecule has 1 atom stereocenters. The third kappa shape index (κ3) is 1.18. The number of phenols is 2. The van der Waals surface area contributed by atoms with E-state index in [1.54, 1.807) is 0 Å². The van der Waals surface area contributed by atoms with Gasteiger partial charge in [0.15, 0.2) is 11.5 Å². The van der Waals surface area contributed by atoms with Crippen LogP contribution < -0.4 is 4.90 Å². The lowest BCUT2D eigenvalue weighted by Gasteiger charge is -2.06. The van der Waals surface area contributed by atoms with Crippen LogP contribution in [-0.2, 0) is 6.42 Å². The quantitative estimate of drug-likeness (QED) is 0.343. The predicted molar refractivity (Wildman–Crippen MR) is 47.0 cm³/mol. The molecule has 4 N–H and O–H groups in total. The van der Waals surface area contributed by atoms with Gasteiger partial charge in [0.05, 0.1) is 6.54 Å². The van der Waals surface area contributed by atoms with Gasteiger partial charge in [0, 0.05) is 18.1 Å². The zero-order valence-corrected chi connectivity index (χ0v) is 7.32. The van der Waals surface area contributed by atoms with E-state index in [1.807, 2.05) is 0 Å². The molecule has 5 nitrogen and oxygen atoms in total. The summed E-state index contributed by atoms with van der Waals surface area (Å²) in [4.78, 5) is 11.1. The molecule has 1 aliphatic rings. The second-order valence-corrected chi connectivity index (χ2v) is 3.28. The van der Waals surface area contributed by atoms with Crippen LogP contribution in [0.4, 0.5) is 10.5 Å². The van der Waals surface area contributed by atoms with Gasteiger partial charge in [0.25, 0.3) is 0 Å². The molecule has 1 aliphatic heterocycles. The van der Waals surface area contributed by atoms with Crippen LogP contribution in [-0.4, -0.2) is 28.0 Å². The van der Waals surface area contributed by atoms with E-state index in [-0.39, 0.29) is 11.5 Å². The fraction of sp³-hybridized carbons (Fsp3) is 0.222. The van der Waals surface area contributed by atoms with Crippen molar-refractivity contribution >= 4 is 11.8 Å².